The fraction of sp³-hybridized carbons (Fsp3) is 0.355. The summed E-state index contributed by atoms with van der Waals surface area (Å²) in [5, 5.41) is 3.12. The SMILES string of the molecule is O=C(NCC(F)(F)F)C1(CCCCN2CCN(c3ncc4cccnc4n3)CC2)c2ccccc2-c2ccccc21. The third-order valence-corrected chi connectivity index (χ3v) is 8.17. The predicted octanol–water partition coefficient (Wildman–Crippen LogP) is 4.96. The molecule has 1 aliphatic heterocycles. The van der Waals surface area contributed by atoms with E-state index in [1.165, 1.54) is 0 Å². The van der Waals surface area contributed by atoms with Gasteiger partial charge in [0.15, 0.2) is 5.65 Å². The average molecular weight is 561 g/mol. The van der Waals surface area contributed by atoms with Crippen LogP contribution in [0, 0.1) is 0 Å². The number of benzene rings is 2. The Hall–Kier alpha value is -4.05. The molecule has 10 heteroatoms. The van der Waals surface area contributed by atoms with Crippen molar-refractivity contribution < 1.29 is 18.0 Å². The van der Waals surface area contributed by atoms with Gasteiger partial charge in [0.25, 0.3) is 0 Å². The third kappa shape index (κ3) is 5.36. The first-order chi connectivity index (χ1) is 19.8. The largest absolute Gasteiger partial charge is 0.405 e. The molecule has 0 bridgehead atoms. The normalized spacial score (nSPS) is 16.4. The maximum atomic E-state index is 13.6. The number of halogens is 3. The van der Waals surface area contributed by atoms with Crippen LogP contribution in [-0.4, -0.2) is 71.2 Å². The number of nitrogens with zero attached hydrogens (tertiary/aromatic N) is 5. The van der Waals surface area contributed by atoms with Crippen LogP contribution in [0.25, 0.3) is 22.2 Å². The monoisotopic (exact) mass is 560 g/mol. The standard InChI is InChI=1S/C31H31F3N6O/c32-31(33,34)21-37-28(41)30(25-11-3-1-9-23(25)24-10-2-4-12-26(24)30)13-5-6-15-39-16-18-40(19-17-39)29-36-20-22-8-7-14-35-27(22)38-29/h1-4,7-12,14,20H,5-6,13,15-19,21H2,(H,37,41). The summed E-state index contributed by atoms with van der Waals surface area (Å²) in [4.78, 5) is 31.6. The molecule has 212 valence electrons. The highest BCUT2D eigenvalue weighted by atomic mass is 19.4. The van der Waals surface area contributed by atoms with Crippen LogP contribution in [0.2, 0.25) is 0 Å². The summed E-state index contributed by atoms with van der Waals surface area (Å²) >= 11 is 0. The van der Waals surface area contributed by atoms with Gasteiger partial charge in [0.05, 0.1) is 0 Å². The highest BCUT2D eigenvalue weighted by molar-refractivity contribution is 6.00. The maximum absolute atomic E-state index is 13.6. The number of anilines is 1. The van der Waals surface area contributed by atoms with Crippen LogP contribution in [0.15, 0.2) is 73.1 Å². The fourth-order valence-electron chi connectivity index (χ4n) is 6.19. The van der Waals surface area contributed by atoms with Gasteiger partial charge in [-0.2, -0.15) is 18.2 Å². The Morgan fingerprint density at radius 3 is 2.24 bits per heavy atom. The smallest absolute Gasteiger partial charge is 0.346 e. The van der Waals surface area contributed by atoms with Crippen LogP contribution in [-0.2, 0) is 10.2 Å². The average Bonchev–Trinajstić information content (AvgIpc) is 3.28. The lowest BCUT2D eigenvalue weighted by Gasteiger charge is -2.35. The van der Waals surface area contributed by atoms with Crippen molar-refractivity contribution in [3.05, 3.63) is 84.2 Å². The van der Waals surface area contributed by atoms with Gasteiger partial charge < -0.3 is 10.2 Å². The molecule has 7 nitrogen and oxygen atoms in total. The molecule has 1 saturated heterocycles. The zero-order valence-electron chi connectivity index (χ0n) is 22.6. The number of unbranched alkanes of at least 4 members (excludes halogenated alkanes) is 1. The topological polar surface area (TPSA) is 74.2 Å². The van der Waals surface area contributed by atoms with Crippen molar-refractivity contribution in [3.8, 4) is 11.1 Å². The lowest BCUT2D eigenvalue weighted by atomic mass is 9.73. The first kappa shape index (κ1) is 27.1. The lowest BCUT2D eigenvalue weighted by Crippen LogP contribution is -2.48. The Morgan fingerprint density at radius 2 is 1.56 bits per heavy atom. The van der Waals surface area contributed by atoms with Gasteiger partial charge in [0.2, 0.25) is 11.9 Å². The second kappa shape index (κ2) is 11.1. The minimum absolute atomic E-state index is 0.433. The summed E-state index contributed by atoms with van der Waals surface area (Å²) in [6.07, 6.45) is 1.01. The van der Waals surface area contributed by atoms with Crippen molar-refractivity contribution in [2.45, 2.75) is 30.9 Å². The van der Waals surface area contributed by atoms with E-state index in [1.54, 1.807) is 12.4 Å². The maximum Gasteiger partial charge on any atom is 0.405 e. The molecule has 6 rings (SSSR count). The zero-order chi connectivity index (χ0) is 28.5. The van der Waals surface area contributed by atoms with Gasteiger partial charge in [-0.1, -0.05) is 55.0 Å². The van der Waals surface area contributed by atoms with Gasteiger partial charge in [-0.25, -0.2) is 9.97 Å². The summed E-state index contributed by atoms with van der Waals surface area (Å²) in [5.41, 5.74) is 2.90. The van der Waals surface area contributed by atoms with Crippen LogP contribution < -0.4 is 10.2 Å². The van der Waals surface area contributed by atoms with Crippen LogP contribution in [0.1, 0.15) is 30.4 Å². The molecule has 3 heterocycles. The van der Waals surface area contributed by atoms with Crippen LogP contribution in [0.5, 0.6) is 0 Å². The zero-order valence-corrected chi connectivity index (χ0v) is 22.6. The van der Waals surface area contributed by atoms with E-state index in [4.69, 9.17) is 0 Å². The van der Waals surface area contributed by atoms with Gasteiger partial charge in [-0.05, 0) is 53.8 Å². The van der Waals surface area contributed by atoms with Crippen molar-refractivity contribution in [2.75, 3.05) is 44.2 Å². The van der Waals surface area contributed by atoms with Crippen LogP contribution >= 0.6 is 0 Å². The van der Waals surface area contributed by atoms with Crippen molar-refractivity contribution in [1.29, 1.82) is 0 Å². The van der Waals surface area contributed by atoms with Crippen molar-refractivity contribution >= 4 is 22.9 Å². The number of carbonyl (C=O) groups is 1. The molecule has 1 N–H and O–H groups in total. The number of hydrogen-bond donors (Lipinski definition) is 1. The molecule has 4 aromatic rings. The molecule has 1 fully saturated rings. The number of alkyl halides is 3. The van der Waals surface area contributed by atoms with E-state index < -0.39 is 24.0 Å². The van der Waals surface area contributed by atoms with Crippen LogP contribution in [0.3, 0.4) is 0 Å². The molecule has 0 saturated carbocycles. The molecule has 0 radical (unpaired) electrons. The second-order valence-corrected chi connectivity index (χ2v) is 10.7. The van der Waals surface area contributed by atoms with Gasteiger partial charge >= 0.3 is 6.18 Å². The first-order valence-electron chi connectivity index (χ1n) is 13.9. The minimum Gasteiger partial charge on any atom is -0.346 e. The predicted molar refractivity (Wildman–Crippen MR) is 152 cm³/mol. The summed E-state index contributed by atoms with van der Waals surface area (Å²) < 4.78 is 39.3. The number of fused-ring (bicyclic) bond motifs is 4. The first-order valence-corrected chi connectivity index (χ1v) is 13.9. The quantitative estimate of drug-likeness (QED) is 0.307. The number of aromatic nitrogens is 3. The van der Waals surface area contributed by atoms with Crippen molar-refractivity contribution in [2.24, 2.45) is 0 Å². The third-order valence-electron chi connectivity index (χ3n) is 8.17. The molecule has 2 aromatic heterocycles. The Bertz CT molecular complexity index is 1500. The number of hydrogen-bond acceptors (Lipinski definition) is 6. The molecule has 2 aromatic carbocycles. The van der Waals surface area contributed by atoms with Crippen molar-refractivity contribution in [1.82, 2.24) is 25.2 Å². The number of carbonyl (C=O) groups excluding carboxylic acids is 1. The Morgan fingerprint density at radius 1 is 0.878 bits per heavy atom. The molecular formula is C31H31F3N6O. The number of piperazine rings is 1. The number of nitrogens with one attached hydrogen (secondary N) is 1. The molecule has 2 aliphatic rings. The van der Waals surface area contributed by atoms with E-state index in [0.29, 0.717) is 24.4 Å². The van der Waals surface area contributed by atoms with Crippen molar-refractivity contribution in [3.63, 3.8) is 0 Å². The summed E-state index contributed by atoms with van der Waals surface area (Å²) in [6.45, 7) is 2.79. The summed E-state index contributed by atoms with van der Waals surface area (Å²) in [7, 11) is 0. The van der Waals surface area contributed by atoms with E-state index in [2.05, 4.69) is 30.1 Å². The Labute approximate surface area is 236 Å². The van der Waals surface area contributed by atoms with Gasteiger partial charge in [0.1, 0.15) is 12.0 Å². The molecule has 1 aliphatic carbocycles. The highest BCUT2D eigenvalue weighted by Gasteiger charge is 2.49. The lowest BCUT2D eigenvalue weighted by molar-refractivity contribution is -0.141. The van der Waals surface area contributed by atoms with E-state index in [1.807, 2.05) is 60.7 Å². The molecule has 41 heavy (non-hydrogen) atoms. The highest BCUT2D eigenvalue weighted by Crippen LogP contribution is 2.51. The van der Waals surface area contributed by atoms with Crippen LogP contribution in [0.4, 0.5) is 19.1 Å². The molecule has 0 spiro atoms. The Kier molecular flexibility index (Phi) is 7.33. The van der Waals surface area contributed by atoms with Gasteiger partial charge in [-0.15, -0.1) is 0 Å². The molecule has 0 unspecified atom stereocenters. The Balaban J connectivity index is 1.12. The number of rotatable bonds is 8. The molecule has 1 amide bonds. The molecule has 0 atom stereocenters. The van der Waals surface area contributed by atoms with E-state index in [0.717, 1.165) is 66.8 Å². The second-order valence-electron chi connectivity index (χ2n) is 10.7. The fourth-order valence-corrected chi connectivity index (χ4v) is 6.19. The number of amides is 1. The minimum atomic E-state index is -4.48. The van der Waals surface area contributed by atoms with Gasteiger partial charge in [0, 0.05) is 44.0 Å². The number of pyridine rings is 1. The summed E-state index contributed by atoms with van der Waals surface area (Å²) in [6, 6.07) is 19.0. The van der Waals surface area contributed by atoms with Gasteiger partial charge in [-0.3, -0.25) is 9.69 Å². The molecular weight excluding hydrogens is 529 g/mol. The summed E-state index contributed by atoms with van der Waals surface area (Å²) in [5.74, 6) is 0.0898. The van der Waals surface area contributed by atoms with E-state index in [-0.39, 0.29) is 0 Å². The van der Waals surface area contributed by atoms with E-state index >= 15 is 0 Å². The van der Waals surface area contributed by atoms with E-state index in [9.17, 15) is 18.0 Å².